The molecule has 34 heavy (non-hydrogen) atoms. The van der Waals surface area contributed by atoms with Crippen LogP contribution in [0.5, 0.6) is 0 Å². The van der Waals surface area contributed by atoms with Crippen LogP contribution in [0.3, 0.4) is 0 Å². The Bertz CT molecular complexity index is 1020. The van der Waals surface area contributed by atoms with Crippen LogP contribution in [0, 0.1) is 10.1 Å². The highest BCUT2D eigenvalue weighted by atomic mass is 16.6. The monoisotopic (exact) mass is 467 g/mol. The van der Waals surface area contributed by atoms with Gasteiger partial charge >= 0.3 is 5.97 Å². The van der Waals surface area contributed by atoms with E-state index in [0.717, 1.165) is 50.0 Å². The minimum absolute atomic E-state index is 0.0361. The molecule has 2 aromatic rings. The SMILES string of the molecule is CCCC(c1ccc([N+](=O)[O-])cc1N1CCCCC1)C(C(N)=O)c1ccc(C(=O)OCC)cc1. The summed E-state index contributed by atoms with van der Waals surface area (Å²) in [6.07, 6.45) is 4.68. The Hall–Kier alpha value is -3.42. The molecule has 0 aliphatic carbocycles. The predicted octanol–water partition coefficient (Wildman–Crippen LogP) is 4.91. The first-order valence-electron chi connectivity index (χ1n) is 12.0. The maximum atomic E-state index is 12.8. The Kier molecular flexibility index (Phi) is 8.62. The van der Waals surface area contributed by atoms with Crippen molar-refractivity contribution in [3.05, 3.63) is 69.3 Å². The van der Waals surface area contributed by atoms with E-state index in [1.807, 2.05) is 6.92 Å². The zero-order chi connectivity index (χ0) is 24.7. The molecule has 8 heteroatoms. The van der Waals surface area contributed by atoms with Crippen LogP contribution in [0.15, 0.2) is 42.5 Å². The number of anilines is 1. The molecular formula is C26H33N3O5. The average molecular weight is 468 g/mol. The minimum atomic E-state index is -0.638. The summed E-state index contributed by atoms with van der Waals surface area (Å²) < 4.78 is 5.05. The zero-order valence-corrected chi connectivity index (χ0v) is 19.9. The smallest absolute Gasteiger partial charge is 0.338 e. The van der Waals surface area contributed by atoms with Gasteiger partial charge in [0, 0.05) is 36.8 Å². The van der Waals surface area contributed by atoms with E-state index < -0.39 is 17.8 Å². The van der Waals surface area contributed by atoms with Crippen LogP contribution in [-0.2, 0) is 9.53 Å². The van der Waals surface area contributed by atoms with Crippen molar-refractivity contribution >= 4 is 23.3 Å². The number of rotatable bonds is 10. The van der Waals surface area contributed by atoms with Gasteiger partial charge in [0.05, 0.1) is 23.0 Å². The lowest BCUT2D eigenvalue weighted by molar-refractivity contribution is -0.384. The Morgan fingerprint density at radius 3 is 2.32 bits per heavy atom. The molecule has 2 N–H and O–H groups in total. The average Bonchev–Trinajstić information content (AvgIpc) is 2.84. The van der Waals surface area contributed by atoms with E-state index in [-0.39, 0.29) is 23.1 Å². The first-order chi connectivity index (χ1) is 16.4. The number of nitrogens with two attached hydrogens (primary N) is 1. The molecule has 2 unspecified atom stereocenters. The third kappa shape index (κ3) is 5.73. The number of non-ortho nitro benzene ring substituents is 1. The Morgan fingerprint density at radius 1 is 1.09 bits per heavy atom. The van der Waals surface area contributed by atoms with Crippen LogP contribution in [0.1, 0.15) is 79.3 Å². The van der Waals surface area contributed by atoms with Crippen LogP contribution in [0.25, 0.3) is 0 Å². The van der Waals surface area contributed by atoms with Crippen LogP contribution < -0.4 is 10.6 Å². The molecule has 0 bridgehead atoms. The van der Waals surface area contributed by atoms with E-state index in [1.165, 1.54) is 6.07 Å². The second-order valence-electron chi connectivity index (χ2n) is 8.67. The Balaban J connectivity index is 2.07. The molecule has 1 aliphatic heterocycles. The van der Waals surface area contributed by atoms with E-state index >= 15 is 0 Å². The first-order valence-corrected chi connectivity index (χ1v) is 12.0. The number of hydrogen-bond acceptors (Lipinski definition) is 6. The molecule has 8 nitrogen and oxygen atoms in total. The summed E-state index contributed by atoms with van der Waals surface area (Å²) in [5, 5.41) is 11.5. The van der Waals surface area contributed by atoms with Crippen molar-refractivity contribution in [3.63, 3.8) is 0 Å². The van der Waals surface area contributed by atoms with Crippen molar-refractivity contribution in [2.75, 3.05) is 24.6 Å². The molecular weight excluding hydrogens is 434 g/mol. The second kappa shape index (κ2) is 11.6. The number of ether oxygens (including phenoxy) is 1. The number of nitrogens with zero attached hydrogens (tertiary/aromatic N) is 2. The van der Waals surface area contributed by atoms with E-state index in [4.69, 9.17) is 10.5 Å². The van der Waals surface area contributed by atoms with E-state index in [1.54, 1.807) is 43.3 Å². The highest BCUT2D eigenvalue weighted by molar-refractivity contribution is 5.90. The molecule has 0 saturated carbocycles. The van der Waals surface area contributed by atoms with Gasteiger partial charge < -0.3 is 15.4 Å². The molecule has 0 aromatic heterocycles. The molecule has 1 saturated heterocycles. The first kappa shape index (κ1) is 25.2. The maximum absolute atomic E-state index is 12.8. The fraction of sp³-hybridized carbons (Fsp3) is 0.462. The maximum Gasteiger partial charge on any atom is 0.338 e. The van der Waals surface area contributed by atoms with E-state index in [0.29, 0.717) is 17.5 Å². The van der Waals surface area contributed by atoms with Crippen molar-refractivity contribution in [1.82, 2.24) is 0 Å². The summed E-state index contributed by atoms with van der Waals surface area (Å²) in [4.78, 5) is 38.2. The molecule has 1 aliphatic rings. The summed E-state index contributed by atoms with van der Waals surface area (Å²) in [7, 11) is 0. The van der Waals surface area contributed by atoms with Gasteiger partial charge in [-0.1, -0.05) is 25.5 Å². The van der Waals surface area contributed by atoms with Crippen LogP contribution >= 0.6 is 0 Å². The molecule has 182 valence electrons. The van der Waals surface area contributed by atoms with Gasteiger partial charge in [0.25, 0.3) is 5.69 Å². The number of carbonyl (C=O) groups excluding carboxylic acids is 2. The van der Waals surface area contributed by atoms with Crippen molar-refractivity contribution in [2.24, 2.45) is 5.73 Å². The van der Waals surface area contributed by atoms with E-state index in [9.17, 15) is 19.7 Å². The molecule has 0 spiro atoms. The summed E-state index contributed by atoms with van der Waals surface area (Å²) in [6.45, 7) is 5.71. The van der Waals surface area contributed by atoms with Crippen molar-refractivity contribution in [3.8, 4) is 0 Å². The lowest BCUT2D eigenvalue weighted by Crippen LogP contribution is -2.32. The molecule has 2 aromatic carbocycles. The summed E-state index contributed by atoms with van der Waals surface area (Å²) >= 11 is 0. The second-order valence-corrected chi connectivity index (χ2v) is 8.67. The fourth-order valence-corrected chi connectivity index (χ4v) is 4.82. The number of piperidine rings is 1. The van der Waals surface area contributed by atoms with Gasteiger partial charge in [-0.15, -0.1) is 0 Å². The van der Waals surface area contributed by atoms with Crippen molar-refractivity contribution in [2.45, 2.75) is 57.8 Å². The standard InChI is InChI=1S/C26H33N3O5/c1-3-8-22(24(25(27)30)18-9-11-19(12-10-18)26(31)34-4-2)21-14-13-20(29(32)33)17-23(21)28-15-6-5-7-16-28/h9-14,17,22,24H,3-8,15-16H2,1-2H3,(H2,27,30). The number of amides is 1. The Morgan fingerprint density at radius 2 is 1.76 bits per heavy atom. The Labute approximate surface area is 200 Å². The lowest BCUT2D eigenvalue weighted by Gasteiger charge is -2.34. The van der Waals surface area contributed by atoms with Gasteiger partial charge in [0.15, 0.2) is 0 Å². The zero-order valence-electron chi connectivity index (χ0n) is 19.9. The largest absolute Gasteiger partial charge is 0.462 e. The lowest BCUT2D eigenvalue weighted by atomic mass is 9.77. The number of carbonyl (C=O) groups is 2. The number of benzene rings is 2. The topological polar surface area (TPSA) is 116 Å². The molecule has 0 radical (unpaired) electrons. The van der Waals surface area contributed by atoms with E-state index in [2.05, 4.69) is 4.90 Å². The van der Waals surface area contributed by atoms with Gasteiger partial charge in [-0.25, -0.2) is 4.79 Å². The van der Waals surface area contributed by atoms with Gasteiger partial charge in [-0.3, -0.25) is 14.9 Å². The van der Waals surface area contributed by atoms with Crippen molar-refractivity contribution in [1.29, 1.82) is 0 Å². The highest BCUT2D eigenvalue weighted by Gasteiger charge is 2.33. The third-order valence-electron chi connectivity index (χ3n) is 6.41. The van der Waals surface area contributed by atoms with Crippen LogP contribution in [-0.4, -0.2) is 36.5 Å². The fourth-order valence-electron chi connectivity index (χ4n) is 4.82. The van der Waals surface area contributed by atoms with Crippen LogP contribution in [0.4, 0.5) is 11.4 Å². The van der Waals surface area contributed by atoms with Gasteiger partial charge in [-0.2, -0.15) is 0 Å². The molecule has 2 atom stereocenters. The summed E-state index contributed by atoms with van der Waals surface area (Å²) in [5.41, 5.74) is 8.79. The van der Waals surface area contributed by atoms with Gasteiger partial charge in [-0.05, 0) is 61.9 Å². The third-order valence-corrected chi connectivity index (χ3v) is 6.41. The number of nitro benzene ring substituents is 1. The predicted molar refractivity (Wildman–Crippen MR) is 131 cm³/mol. The molecule has 1 fully saturated rings. The molecule has 1 amide bonds. The van der Waals surface area contributed by atoms with Gasteiger partial charge in [0.2, 0.25) is 5.91 Å². The normalized spacial score (nSPS) is 15.4. The highest BCUT2D eigenvalue weighted by Crippen LogP contribution is 2.42. The van der Waals surface area contributed by atoms with Gasteiger partial charge in [0.1, 0.15) is 0 Å². The van der Waals surface area contributed by atoms with Crippen LogP contribution in [0.2, 0.25) is 0 Å². The molecule has 3 rings (SSSR count). The number of primary amides is 1. The minimum Gasteiger partial charge on any atom is -0.462 e. The number of nitro groups is 1. The van der Waals surface area contributed by atoms with Crippen molar-refractivity contribution < 1.29 is 19.2 Å². The summed E-state index contributed by atoms with van der Waals surface area (Å²) in [6, 6.07) is 11.7. The number of esters is 1. The summed E-state index contributed by atoms with van der Waals surface area (Å²) in [5.74, 6) is -1.78. The quantitative estimate of drug-likeness (QED) is 0.301. The number of hydrogen-bond donors (Lipinski definition) is 1. The molecule has 1 heterocycles.